The van der Waals surface area contributed by atoms with Crippen molar-refractivity contribution < 1.29 is 4.55 Å². The molecule has 1 unspecified atom stereocenters. The molecule has 3 heteroatoms. The van der Waals surface area contributed by atoms with Crippen molar-refractivity contribution in [2.45, 2.75) is 10.6 Å². The molecule has 0 spiro atoms. The lowest BCUT2D eigenvalue weighted by Gasteiger charge is -2.21. The number of aromatic nitrogens is 1. The van der Waals surface area contributed by atoms with Crippen LogP contribution in [-0.4, -0.2) is 9.54 Å². The van der Waals surface area contributed by atoms with Crippen molar-refractivity contribution in [2.75, 3.05) is 0 Å². The van der Waals surface area contributed by atoms with Crippen molar-refractivity contribution in [3.63, 3.8) is 0 Å². The molecule has 0 saturated carbocycles. The molecule has 2 nitrogen and oxygen atoms in total. The van der Waals surface area contributed by atoms with E-state index in [0.29, 0.717) is 5.75 Å². The average molecular weight is 265 g/mol. The van der Waals surface area contributed by atoms with Gasteiger partial charge in [0.2, 0.25) is 0 Å². The van der Waals surface area contributed by atoms with Gasteiger partial charge in [0.05, 0.1) is 16.8 Å². The molecular formula is C16H11NOS. The topological polar surface area (TPSA) is 36.0 Å². The summed E-state index contributed by atoms with van der Waals surface area (Å²) in [4.78, 5) is 5.66. The minimum absolute atomic E-state index is 0.560. The molecule has 2 aromatic carbocycles. The predicted molar refractivity (Wildman–Crippen MR) is 77.3 cm³/mol. The van der Waals surface area contributed by atoms with Gasteiger partial charge in [0.25, 0.3) is 0 Å². The zero-order chi connectivity index (χ0) is 12.8. The van der Waals surface area contributed by atoms with Crippen molar-refractivity contribution in [3.8, 4) is 11.3 Å². The number of benzene rings is 2. The van der Waals surface area contributed by atoms with Gasteiger partial charge in [-0.05, 0) is 35.4 Å². The first kappa shape index (κ1) is 11.0. The molecule has 0 bridgehead atoms. The van der Waals surface area contributed by atoms with Crippen LogP contribution in [0.4, 0.5) is 0 Å². The van der Waals surface area contributed by atoms with Gasteiger partial charge in [-0.1, -0.05) is 30.3 Å². The highest BCUT2D eigenvalue weighted by molar-refractivity contribution is 7.90. The molecular weight excluding hydrogens is 254 g/mol. The summed E-state index contributed by atoms with van der Waals surface area (Å²) in [5.41, 5.74) is 4.06. The molecule has 1 atom stereocenters. The van der Waals surface area contributed by atoms with Crippen molar-refractivity contribution in [1.29, 1.82) is 0 Å². The summed E-state index contributed by atoms with van der Waals surface area (Å²) < 4.78 is 12.3. The first-order valence-electron chi connectivity index (χ1n) is 6.19. The Kier molecular flexibility index (Phi) is 2.37. The maximum absolute atomic E-state index is 12.3. The number of hydrogen-bond donors (Lipinski definition) is 0. The Balaban J connectivity index is 2.06. The highest BCUT2D eigenvalue weighted by Gasteiger charge is 2.27. The fraction of sp³-hybridized carbons (Fsp3) is 0.0625. The van der Waals surface area contributed by atoms with Crippen LogP contribution >= 0.6 is 0 Å². The lowest BCUT2D eigenvalue weighted by molar-refractivity contribution is 0.593. The predicted octanol–water partition coefficient (Wildman–Crippen LogP) is 3.52. The van der Waals surface area contributed by atoms with E-state index in [1.807, 2.05) is 48.5 Å². The number of pyridine rings is 1. The van der Waals surface area contributed by atoms with Crippen molar-refractivity contribution in [1.82, 2.24) is 4.98 Å². The SMILES string of the molecule is [O-][S+]1Cc2cc3ccccc3nc2-c2ccccc21. The molecule has 1 aromatic heterocycles. The smallest absolute Gasteiger partial charge is 0.162 e. The standard InChI is InChI=1S/C16H11NOS/c18-19-10-12-9-11-5-1-3-7-14(11)17-16(12)13-6-2-4-8-15(13)19/h1-9H,10H2. The number of fused-ring (bicyclic) bond motifs is 4. The maximum atomic E-state index is 12.3. The van der Waals surface area contributed by atoms with E-state index in [4.69, 9.17) is 4.98 Å². The van der Waals surface area contributed by atoms with Crippen LogP contribution in [0.5, 0.6) is 0 Å². The van der Waals surface area contributed by atoms with Crippen LogP contribution in [0.2, 0.25) is 0 Å². The van der Waals surface area contributed by atoms with E-state index in [1.165, 1.54) is 0 Å². The molecule has 0 amide bonds. The molecule has 3 aromatic rings. The van der Waals surface area contributed by atoms with Crippen molar-refractivity contribution in [2.24, 2.45) is 0 Å². The van der Waals surface area contributed by atoms with Gasteiger partial charge in [-0.3, -0.25) is 0 Å². The van der Waals surface area contributed by atoms with Crippen LogP contribution in [0, 0.1) is 0 Å². The van der Waals surface area contributed by atoms with Crippen molar-refractivity contribution >= 4 is 22.1 Å². The number of hydrogen-bond acceptors (Lipinski definition) is 2. The molecule has 0 fully saturated rings. The Bertz CT molecular complexity index is 785. The first-order chi connectivity index (χ1) is 9.33. The van der Waals surface area contributed by atoms with Crippen molar-refractivity contribution in [3.05, 3.63) is 60.2 Å². The quantitative estimate of drug-likeness (QED) is 0.583. The van der Waals surface area contributed by atoms with Crippen LogP contribution < -0.4 is 0 Å². The van der Waals surface area contributed by atoms with Crippen LogP contribution in [0.3, 0.4) is 0 Å². The van der Waals surface area contributed by atoms with Gasteiger partial charge in [-0.2, -0.15) is 0 Å². The largest absolute Gasteiger partial charge is 0.611 e. The van der Waals surface area contributed by atoms with E-state index < -0.39 is 11.2 Å². The van der Waals surface area contributed by atoms with Gasteiger partial charge < -0.3 is 4.55 Å². The summed E-state index contributed by atoms with van der Waals surface area (Å²) in [5.74, 6) is 0.560. The first-order valence-corrected chi connectivity index (χ1v) is 7.51. The Hall–Kier alpha value is -1.84. The molecule has 0 radical (unpaired) electrons. The third kappa shape index (κ3) is 1.66. The number of nitrogens with zero attached hydrogens (tertiary/aromatic N) is 1. The van der Waals surface area contributed by atoms with Gasteiger partial charge in [0.15, 0.2) is 4.90 Å². The zero-order valence-electron chi connectivity index (χ0n) is 10.2. The minimum atomic E-state index is -0.959. The van der Waals surface area contributed by atoms with Gasteiger partial charge >= 0.3 is 0 Å². The average Bonchev–Trinajstić information content (AvgIpc) is 2.46. The molecule has 19 heavy (non-hydrogen) atoms. The Morgan fingerprint density at radius 3 is 2.74 bits per heavy atom. The molecule has 0 N–H and O–H groups in total. The van der Waals surface area contributed by atoms with Gasteiger partial charge in [-0.15, -0.1) is 0 Å². The second kappa shape index (κ2) is 4.08. The van der Waals surface area contributed by atoms with E-state index in [1.54, 1.807) is 0 Å². The normalized spacial score (nSPS) is 17.0. The molecule has 2 heterocycles. The monoisotopic (exact) mass is 265 g/mol. The van der Waals surface area contributed by atoms with E-state index in [-0.39, 0.29) is 0 Å². The fourth-order valence-electron chi connectivity index (χ4n) is 2.58. The molecule has 1 aliphatic heterocycles. The number of para-hydroxylation sites is 1. The Morgan fingerprint density at radius 1 is 1.00 bits per heavy atom. The highest BCUT2D eigenvalue weighted by Crippen LogP contribution is 2.37. The summed E-state index contributed by atoms with van der Waals surface area (Å²) in [6.07, 6.45) is 0. The fourth-order valence-corrected chi connectivity index (χ4v) is 3.88. The lowest BCUT2D eigenvalue weighted by atomic mass is 10.0. The molecule has 0 aliphatic carbocycles. The summed E-state index contributed by atoms with van der Waals surface area (Å²) in [6, 6.07) is 18.0. The lowest BCUT2D eigenvalue weighted by Crippen LogP contribution is -2.13. The zero-order valence-corrected chi connectivity index (χ0v) is 11.0. The summed E-state index contributed by atoms with van der Waals surface area (Å²) in [5, 5.41) is 1.11. The molecule has 1 aliphatic rings. The third-order valence-electron chi connectivity index (χ3n) is 3.48. The van der Waals surface area contributed by atoms with Gasteiger partial charge in [-0.25, -0.2) is 4.98 Å². The van der Waals surface area contributed by atoms with Crippen LogP contribution in [0.25, 0.3) is 22.2 Å². The molecule has 92 valence electrons. The maximum Gasteiger partial charge on any atom is 0.162 e. The molecule has 4 rings (SSSR count). The second-order valence-electron chi connectivity index (χ2n) is 4.67. The van der Waals surface area contributed by atoms with Gasteiger partial charge in [0.1, 0.15) is 5.75 Å². The van der Waals surface area contributed by atoms with Gasteiger partial charge in [0, 0.05) is 10.9 Å². The van der Waals surface area contributed by atoms with Crippen LogP contribution in [0.15, 0.2) is 59.5 Å². The van der Waals surface area contributed by atoms with E-state index in [0.717, 1.165) is 32.6 Å². The van der Waals surface area contributed by atoms with E-state index >= 15 is 0 Å². The van der Waals surface area contributed by atoms with E-state index in [2.05, 4.69) is 6.07 Å². The number of rotatable bonds is 0. The summed E-state index contributed by atoms with van der Waals surface area (Å²) >= 11 is -0.959. The summed E-state index contributed by atoms with van der Waals surface area (Å²) in [6.45, 7) is 0. The minimum Gasteiger partial charge on any atom is -0.611 e. The highest BCUT2D eigenvalue weighted by atomic mass is 32.2. The van der Waals surface area contributed by atoms with Crippen LogP contribution in [0.1, 0.15) is 5.56 Å². The summed E-state index contributed by atoms with van der Waals surface area (Å²) in [7, 11) is 0. The van der Waals surface area contributed by atoms with E-state index in [9.17, 15) is 4.55 Å². The third-order valence-corrected chi connectivity index (χ3v) is 4.90. The Labute approximate surface area is 114 Å². The van der Waals surface area contributed by atoms with Crippen LogP contribution in [-0.2, 0) is 16.9 Å². The second-order valence-corrected chi connectivity index (χ2v) is 6.09. The molecule has 0 saturated heterocycles. The Morgan fingerprint density at radius 2 is 1.79 bits per heavy atom.